The van der Waals surface area contributed by atoms with Crippen molar-refractivity contribution in [2.75, 3.05) is 30.9 Å². The zero-order valence-electron chi connectivity index (χ0n) is 18.6. The first kappa shape index (κ1) is 21.8. The van der Waals surface area contributed by atoms with Gasteiger partial charge in [0, 0.05) is 31.9 Å². The largest absolute Gasteiger partial charge is 0.454 e. The van der Waals surface area contributed by atoms with E-state index in [1.165, 1.54) is 16.9 Å². The molecule has 1 fully saturated rings. The van der Waals surface area contributed by atoms with Gasteiger partial charge in [0.1, 0.15) is 5.82 Å². The monoisotopic (exact) mass is 461 g/mol. The van der Waals surface area contributed by atoms with E-state index >= 15 is 0 Å². The molecule has 2 amide bonds. The molecular formula is C24H23N5O5. The lowest BCUT2D eigenvalue weighted by Gasteiger charge is -2.48. The van der Waals surface area contributed by atoms with Gasteiger partial charge in [0.05, 0.1) is 23.4 Å². The number of nitrogens with zero attached hydrogens (tertiary/aromatic N) is 4. The Kier molecular flexibility index (Phi) is 5.37. The molecule has 34 heavy (non-hydrogen) atoms. The number of aromatic nitrogens is 2. The maximum absolute atomic E-state index is 13.7. The van der Waals surface area contributed by atoms with Crippen molar-refractivity contribution in [2.45, 2.75) is 25.1 Å². The van der Waals surface area contributed by atoms with Gasteiger partial charge < -0.3 is 20.1 Å². The molecule has 10 heteroatoms. The van der Waals surface area contributed by atoms with Crippen molar-refractivity contribution in [3.8, 4) is 0 Å². The summed E-state index contributed by atoms with van der Waals surface area (Å²) >= 11 is 0. The van der Waals surface area contributed by atoms with Gasteiger partial charge in [-0.1, -0.05) is 24.3 Å². The average molecular weight is 461 g/mol. The lowest BCUT2D eigenvalue weighted by molar-refractivity contribution is -0.159. The summed E-state index contributed by atoms with van der Waals surface area (Å²) in [6.07, 6.45) is 0.203. The normalized spacial score (nSPS) is 19.3. The number of esters is 1. The molecule has 0 aliphatic carbocycles. The van der Waals surface area contributed by atoms with Gasteiger partial charge in [-0.25, -0.2) is 14.8 Å². The molecule has 10 nitrogen and oxygen atoms in total. The first-order valence-electron chi connectivity index (χ1n) is 10.9. The number of hydrogen-bond donors (Lipinski definition) is 1. The Morgan fingerprint density at radius 1 is 1.12 bits per heavy atom. The zero-order chi connectivity index (χ0) is 23.9. The van der Waals surface area contributed by atoms with E-state index in [1.54, 1.807) is 36.4 Å². The maximum atomic E-state index is 13.7. The maximum Gasteiger partial charge on any atom is 0.354 e. The number of methoxy groups -OCH3 is 1. The molecule has 0 spiro atoms. The molecule has 0 bridgehead atoms. The van der Waals surface area contributed by atoms with E-state index in [-0.39, 0.29) is 56.1 Å². The van der Waals surface area contributed by atoms with E-state index in [2.05, 4.69) is 9.97 Å². The number of nitrogens with two attached hydrogens (primary N) is 1. The number of ether oxygens (including phenoxy) is 2. The first-order chi connectivity index (χ1) is 16.5. The van der Waals surface area contributed by atoms with Crippen LogP contribution in [0.25, 0.3) is 10.9 Å². The van der Waals surface area contributed by atoms with Crippen LogP contribution in [0.15, 0.2) is 48.5 Å². The molecular weight excluding hydrogens is 438 g/mol. The summed E-state index contributed by atoms with van der Waals surface area (Å²) in [6, 6.07) is 14.0. The fourth-order valence-corrected chi connectivity index (χ4v) is 4.70. The van der Waals surface area contributed by atoms with Gasteiger partial charge >= 0.3 is 5.97 Å². The Labute approximate surface area is 195 Å². The standard InChI is InChI=1S/C24H23N5O5/c1-33-13-12-28-22(31)16-7-3-5-9-18(16)29-20(30)10-11-24(28,29)23(32)34-14-19-26-17-8-4-2-6-15(17)21(25)27-19/h2-9H,10-14H2,1H3,(H2,25,26,27). The second-order valence-electron chi connectivity index (χ2n) is 8.13. The van der Waals surface area contributed by atoms with Crippen LogP contribution in [0.1, 0.15) is 29.0 Å². The third-order valence-corrected chi connectivity index (χ3v) is 6.23. The summed E-state index contributed by atoms with van der Waals surface area (Å²) < 4.78 is 10.8. The lowest BCUT2D eigenvalue weighted by atomic mass is 9.96. The second-order valence-corrected chi connectivity index (χ2v) is 8.13. The smallest absolute Gasteiger partial charge is 0.354 e. The number of hydrogen-bond acceptors (Lipinski definition) is 8. The van der Waals surface area contributed by atoms with Gasteiger partial charge in [0.15, 0.2) is 12.4 Å². The third-order valence-electron chi connectivity index (χ3n) is 6.23. The van der Waals surface area contributed by atoms with Crippen LogP contribution in [0.5, 0.6) is 0 Å². The highest BCUT2D eigenvalue weighted by Gasteiger charge is 2.61. The second kappa shape index (κ2) is 8.38. The van der Waals surface area contributed by atoms with Crippen molar-refractivity contribution in [3.05, 3.63) is 59.9 Å². The highest BCUT2D eigenvalue weighted by atomic mass is 16.5. The summed E-state index contributed by atoms with van der Waals surface area (Å²) in [6.45, 7) is 0.0445. The Morgan fingerprint density at radius 3 is 2.71 bits per heavy atom. The number of rotatable bonds is 6. The van der Waals surface area contributed by atoms with Crippen LogP contribution in [-0.4, -0.2) is 58.6 Å². The number of para-hydroxylation sites is 2. The fourth-order valence-electron chi connectivity index (χ4n) is 4.70. The Morgan fingerprint density at radius 2 is 1.88 bits per heavy atom. The summed E-state index contributed by atoms with van der Waals surface area (Å²) in [4.78, 5) is 51.5. The minimum Gasteiger partial charge on any atom is -0.454 e. The highest BCUT2D eigenvalue weighted by Crippen LogP contribution is 2.45. The summed E-state index contributed by atoms with van der Waals surface area (Å²) in [7, 11) is 1.51. The minimum absolute atomic E-state index is 0.0968. The Hall–Kier alpha value is -4.05. The molecule has 2 aliphatic heterocycles. The van der Waals surface area contributed by atoms with Gasteiger partial charge in [0.2, 0.25) is 11.6 Å². The molecule has 2 N–H and O–H groups in total. The zero-order valence-corrected chi connectivity index (χ0v) is 18.6. The first-order valence-corrected chi connectivity index (χ1v) is 10.9. The number of benzene rings is 2. The van der Waals surface area contributed by atoms with E-state index in [1.807, 2.05) is 12.1 Å². The van der Waals surface area contributed by atoms with Crippen LogP contribution in [0.4, 0.5) is 11.5 Å². The van der Waals surface area contributed by atoms with Crippen molar-refractivity contribution in [2.24, 2.45) is 0 Å². The van der Waals surface area contributed by atoms with Crippen LogP contribution in [-0.2, 0) is 25.7 Å². The Bertz CT molecular complexity index is 1310. The predicted octanol–water partition coefficient (Wildman–Crippen LogP) is 1.88. The van der Waals surface area contributed by atoms with Crippen LogP contribution in [0.2, 0.25) is 0 Å². The summed E-state index contributed by atoms with van der Waals surface area (Å²) in [5.41, 5.74) is 5.81. The number of anilines is 2. The lowest BCUT2D eigenvalue weighted by Crippen LogP contribution is -2.69. The molecule has 3 aromatic rings. The van der Waals surface area contributed by atoms with Crippen LogP contribution < -0.4 is 10.6 Å². The molecule has 5 rings (SSSR count). The average Bonchev–Trinajstić information content (AvgIpc) is 3.20. The van der Waals surface area contributed by atoms with Crippen molar-refractivity contribution in [1.29, 1.82) is 0 Å². The van der Waals surface area contributed by atoms with Gasteiger partial charge in [0.25, 0.3) is 5.91 Å². The summed E-state index contributed by atoms with van der Waals surface area (Å²) in [5.74, 6) is -0.848. The van der Waals surface area contributed by atoms with Gasteiger partial charge in [-0.15, -0.1) is 0 Å². The van der Waals surface area contributed by atoms with Crippen molar-refractivity contribution < 1.29 is 23.9 Å². The number of amides is 2. The molecule has 1 saturated heterocycles. The minimum atomic E-state index is -1.61. The quantitative estimate of drug-likeness (QED) is 0.551. The number of carbonyl (C=O) groups is 3. The van der Waals surface area contributed by atoms with E-state index < -0.39 is 11.6 Å². The molecule has 1 unspecified atom stereocenters. The van der Waals surface area contributed by atoms with Crippen molar-refractivity contribution >= 4 is 40.2 Å². The van der Waals surface area contributed by atoms with Crippen LogP contribution in [0.3, 0.4) is 0 Å². The molecule has 0 radical (unpaired) electrons. The fraction of sp³-hybridized carbons (Fsp3) is 0.292. The van der Waals surface area contributed by atoms with E-state index in [4.69, 9.17) is 15.2 Å². The van der Waals surface area contributed by atoms with Gasteiger partial charge in [-0.05, 0) is 24.3 Å². The predicted molar refractivity (Wildman–Crippen MR) is 123 cm³/mol. The van der Waals surface area contributed by atoms with Crippen molar-refractivity contribution in [3.63, 3.8) is 0 Å². The van der Waals surface area contributed by atoms with E-state index in [9.17, 15) is 14.4 Å². The Balaban J connectivity index is 1.51. The van der Waals surface area contributed by atoms with Crippen LogP contribution in [0, 0.1) is 0 Å². The molecule has 2 aliphatic rings. The molecule has 1 atom stereocenters. The molecule has 3 heterocycles. The topological polar surface area (TPSA) is 128 Å². The number of fused-ring (bicyclic) bond motifs is 4. The molecule has 174 valence electrons. The molecule has 1 aromatic heterocycles. The van der Waals surface area contributed by atoms with Gasteiger partial charge in [-0.2, -0.15) is 0 Å². The van der Waals surface area contributed by atoms with E-state index in [0.29, 0.717) is 22.2 Å². The number of nitrogen functional groups attached to an aromatic ring is 1. The van der Waals surface area contributed by atoms with Gasteiger partial charge in [-0.3, -0.25) is 14.5 Å². The van der Waals surface area contributed by atoms with Crippen LogP contribution >= 0.6 is 0 Å². The molecule has 0 saturated carbocycles. The molecule has 2 aromatic carbocycles. The van der Waals surface area contributed by atoms with Crippen molar-refractivity contribution in [1.82, 2.24) is 14.9 Å². The highest BCUT2D eigenvalue weighted by molar-refractivity contribution is 6.15. The SMILES string of the molecule is COCCN1C(=O)c2ccccc2N2C(=O)CCC12C(=O)OCc1nc(N)c2ccccc2n1. The number of carbonyl (C=O) groups excluding carboxylic acids is 3. The van der Waals surface area contributed by atoms with E-state index in [0.717, 1.165) is 0 Å². The third kappa shape index (κ3) is 3.26. The summed E-state index contributed by atoms with van der Waals surface area (Å²) in [5, 5.41) is 0.698.